The average Bonchev–Trinajstić information content (AvgIpc) is 3.19. The zero-order chi connectivity index (χ0) is 20.6. The van der Waals surface area contributed by atoms with E-state index in [-0.39, 0.29) is 17.3 Å². The minimum absolute atomic E-state index is 0.193. The van der Waals surface area contributed by atoms with Crippen molar-refractivity contribution in [3.05, 3.63) is 65.9 Å². The summed E-state index contributed by atoms with van der Waals surface area (Å²) in [6.45, 7) is 2.06. The highest BCUT2D eigenvalue weighted by Crippen LogP contribution is 2.28. The Bertz CT molecular complexity index is 1180. The topological polar surface area (TPSA) is 99.3 Å². The molecule has 2 N–H and O–H groups in total. The van der Waals surface area contributed by atoms with Gasteiger partial charge in [-0.25, -0.2) is 12.7 Å². The first-order valence-corrected chi connectivity index (χ1v) is 11.0. The van der Waals surface area contributed by atoms with Crippen molar-refractivity contribution in [3.8, 4) is 0 Å². The van der Waals surface area contributed by atoms with Gasteiger partial charge < -0.3 is 10.3 Å². The lowest BCUT2D eigenvalue weighted by atomic mass is 10.1. The first-order chi connectivity index (χ1) is 13.9. The molecule has 150 valence electrons. The van der Waals surface area contributed by atoms with Crippen LogP contribution < -0.4 is 9.62 Å². The second-order valence-electron chi connectivity index (χ2n) is 7.19. The molecule has 29 heavy (non-hydrogen) atoms. The SMILES string of the molecule is C[C@H]1CS(=O)(=O)N(c2ccc(C(=O)NCCc3c[nH]c4ccccc34)cc2)C1=O. The van der Waals surface area contributed by atoms with Crippen molar-refractivity contribution in [3.63, 3.8) is 0 Å². The summed E-state index contributed by atoms with van der Waals surface area (Å²) in [5.74, 6) is -1.45. The van der Waals surface area contributed by atoms with Gasteiger partial charge in [0.15, 0.2) is 0 Å². The highest BCUT2D eigenvalue weighted by Gasteiger charge is 2.41. The van der Waals surface area contributed by atoms with E-state index in [1.165, 1.54) is 24.3 Å². The van der Waals surface area contributed by atoms with Gasteiger partial charge in [-0.05, 0) is 42.3 Å². The number of rotatable bonds is 5. The molecule has 0 aliphatic carbocycles. The van der Waals surface area contributed by atoms with E-state index in [2.05, 4.69) is 10.3 Å². The lowest BCUT2D eigenvalue weighted by molar-refractivity contribution is -0.119. The number of sulfonamides is 1. The summed E-state index contributed by atoms with van der Waals surface area (Å²) < 4.78 is 25.2. The Morgan fingerprint density at radius 1 is 1.17 bits per heavy atom. The molecule has 3 aromatic rings. The minimum Gasteiger partial charge on any atom is -0.361 e. The third-order valence-corrected chi connectivity index (χ3v) is 6.95. The number of H-pyrrole nitrogens is 1. The van der Waals surface area contributed by atoms with E-state index < -0.39 is 21.8 Å². The van der Waals surface area contributed by atoms with E-state index in [9.17, 15) is 18.0 Å². The van der Waals surface area contributed by atoms with Gasteiger partial charge >= 0.3 is 0 Å². The summed E-state index contributed by atoms with van der Waals surface area (Å²) in [5.41, 5.74) is 2.85. The number of hydrogen-bond donors (Lipinski definition) is 2. The molecule has 2 aromatic carbocycles. The number of carbonyl (C=O) groups excluding carboxylic acids is 2. The van der Waals surface area contributed by atoms with Crippen LogP contribution in [-0.4, -0.2) is 37.5 Å². The van der Waals surface area contributed by atoms with E-state index >= 15 is 0 Å². The van der Waals surface area contributed by atoms with Crippen LogP contribution >= 0.6 is 0 Å². The molecule has 7 nitrogen and oxygen atoms in total. The lowest BCUT2D eigenvalue weighted by Crippen LogP contribution is -2.30. The number of nitrogens with one attached hydrogen (secondary N) is 2. The Kier molecular flexibility index (Phi) is 4.87. The number of anilines is 1. The van der Waals surface area contributed by atoms with Gasteiger partial charge in [-0.15, -0.1) is 0 Å². The van der Waals surface area contributed by atoms with Gasteiger partial charge in [-0.3, -0.25) is 9.59 Å². The van der Waals surface area contributed by atoms with Crippen molar-refractivity contribution in [2.75, 3.05) is 16.6 Å². The second kappa shape index (κ2) is 7.36. The van der Waals surface area contributed by atoms with E-state index in [0.29, 0.717) is 18.5 Å². The molecule has 1 aromatic heterocycles. The maximum atomic E-state index is 12.4. The number of fused-ring (bicyclic) bond motifs is 1. The van der Waals surface area contributed by atoms with Crippen LogP contribution in [0.4, 0.5) is 5.69 Å². The lowest BCUT2D eigenvalue weighted by Gasteiger charge is -2.15. The quantitative estimate of drug-likeness (QED) is 0.674. The molecule has 0 bridgehead atoms. The van der Waals surface area contributed by atoms with Crippen LogP contribution in [0.2, 0.25) is 0 Å². The molecule has 0 radical (unpaired) electrons. The van der Waals surface area contributed by atoms with Gasteiger partial charge in [0.2, 0.25) is 15.9 Å². The van der Waals surface area contributed by atoms with Crippen LogP contribution in [0.1, 0.15) is 22.8 Å². The van der Waals surface area contributed by atoms with Crippen LogP contribution in [0.3, 0.4) is 0 Å². The van der Waals surface area contributed by atoms with Gasteiger partial charge in [-0.1, -0.05) is 25.1 Å². The number of aromatic nitrogens is 1. The summed E-state index contributed by atoms with van der Waals surface area (Å²) in [5, 5.41) is 4.01. The van der Waals surface area contributed by atoms with Gasteiger partial charge in [-0.2, -0.15) is 0 Å². The predicted molar refractivity (Wildman–Crippen MR) is 111 cm³/mol. The first-order valence-electron chi connectivity index (χ1n) is 9.37. The molecule has 2 heterocycles. The van der Waals surface area contributed by atoms with Crippen molar-refractivity contribution < 1.29 is 18.0 Å². The molecule has 1 aliphatic rings. The maximum absolute atomic E-state index is 12.4. The summed E-state index contributed by atoms with van der Waals surface area (Å²) in [7, 11) is -3.65. The Morgan fingerprint density at radius 2 is 1.90 bits per heavy atom. The Hall–Kier alpha value is -3.13. The van der Waals surface area contributed by atoms with Crippen LogP contribution in [0.5, 0.6) is 0 Å². The van der Waals surface area contributed by atoms with Crippen molar-refractivity contribution >= 4 is 38.4 Å². The normalized spacial score (nSPS) is 18.3. The number of para-hydroxylation sites is 1. The molecule has 1 atom stereocenters. The zero-order valence-electron chi connectivity index (χ0n) is 15.9. The monoisotopic (exact) mass is 411 g/mol. The fourth-order valence-electron chi connectivity index (χ4n) is 3.59. The number of hydrogen-bond acceptors (Lipinski definition) is 4. The maximum Gasteiger partial charge on any atom is 0.251 e. The molecule has 1 fully saturated rings. The standard InChI is InChI=1S/C21H21N3O4S/c1-14-13-29(27,28)24(21(14)26)17-8-6-15(7-9-17)20(25)22-11-10-16-12-23-19-5-3-2-4-18(16)19/h2-9,12,14,23H,10-11,13H2,1H3,(H,22,25)/t14-/m0/s1. The number of carbonyl (C=O) groups is 2. The van der Waals surface area contributed by atoms with Crippen molar-refractivity contribution in [1.29, 1.82) is 0 Å². The van der Waals surface area contributed by atoms with E-state index in [0.717, 1.165) is 20.8 Å². The fourth-order valence-corrected chi connectivity index (χ4v) is 5.41. The molecule has 0 spiro atoms. The smallest absolute Gasteiger partial charge is 0.251 e. The molecule has 0 unspecified atom stereocenters. The van der Waals surface area contributed by atoms with Gasteiger partial charge in [0.1, 0.15) is 0 Å². The number of amides is 2. The van der Waals surface area contributed by atoms with Gasteiger partial charge in [0.25, 0.3) is 5.91 Å². The first kappa shape index (κ1) is 19.2. The van der Waals surface area contributed by atoms with E-state index in [1.807, 2.05) is 30.5 Å². The molecular formula is C21H21N3O4S. The molecule has 1 saturated heterocycles. The Balaban J connectivity index is 1.40. The molecule has 4 rings (SSSR count). The Morgan fingerprint density at radius 3 is 2.59 bits per heavy atom. The molecule has 2 amide bonds. The number of benzene rings is 2. The second-order valence-corrected chi connectivity index (χ2v) is 9.06. The molecule has 0 saturated carbocycles. The minimum atomic E-state index is -3.65. The fraction of sp³-hybridized carbons (Fsp3) is 0.238. The third-order valence-electron chi connectivity index (χ3n) is 5.08. The highest BCUT2D eigenvalue weighted by atomic mass is 32.2. The van der Waals surface area contributed by atoms with Gasteiger partial charge in [0.05, 0.1) is 17.4 Å². The van der Waals surface area contributed by atoms with Crippen molar-refractivity contribution in [2.45, 2.75) is 13.3 Å². The molecule has 8 heteroatoms. The van der Waals surface area contributed by atoms with Crippen LogP contribution in [0.15, 0.2) is 54.7 Å². The summed E-state index contributed by atoms with van der Waals surface area (Å²) >= 11 is 0. The summed E-state index contributed by atoms with van der Waals surface area (Å²) in [4.78, 5) is 27.8. The summed E-state index contributed by atoms with van der Waals surface area (Å²) in [6, 6.07) is 14.0. The highest BCUT2D eigenvalue weighted by molar-refractivity contribution is 7.94. The number of nitrogens with zero attached hydrogens (tertiary/aromatic N) is 1. The largest absolute Gasteiger partial charge is 0.361 e. The molecular weight excluding hydrogens is 390 g/mol. The van der Waals surface area contributed by atoms with Crippen molar-refractivity contribution in [1.82, 2.24) is 10.3 Å². The summed E-state index contributed by atoms with van der Waals surface area (Å²) in [6.07, 6.45) is 2.63. The molecule has 1 aliphatic heterocycles. The van der Waals surface area contributed by atoms with E-state index in [1.54, 1.807) is 6.92 Å². The number of aromatic amines is 1. The third kappa shape index (κ3) is 3.63. The van der Waals surface area contributed by atoms with Crippen LogP contribution in [-0.2, 0) is 21.2 Å². The van der Waals surface area contributed by atoms with Crippen LogP contribution in [0.25, 0.3) is 10.9 Å². The average molecular weight is 411 g/mol. The van der Waals surface area contributed by atoms with Crippen molar-refractivity contribution in [2.24, 2.45) is 5.92 Å². The van der Waals surface area contributed by atoms with Gasteiger partial charge in [0, 0.05) is 29.2 Å². The Labute approximate surface area is 168 Å². The van der Waals surface area contributed by atoms with E-state index in [4.69, 9.17) is 0 Å². The predicted octanol–water partition coefficient (Wildman–Crippen LogP) is 2.45. The van der Waals surface area contributed by atoms with Crippen LogP contribution in [0, 0.1) is 5.92 Å². The zero-order valence-corrected chi connectivity index (χ0v) is 16.7.